The van der Waals surface area contributed by atoms with Gasteiger partial charge in [-0.05, 0) is 67.7 Å². The SMILES string of the molecule is Cc1ccccc1OC[C@@H]1c2ccsc2CCN1C(=O)CN(C[C@@H]1CCCO1)C(=O)C1CCCC1. The van der Waals surface area contributed by atoms with Gasteiger partial charge < -0.3 is 19.3 Å². The summed E-state index contributed by atoms with van der Waals surface area (Å²) in [6, 6.07) is 9.96. The van der Waals surface area contributed by atoms with Gasteiger partial charge in [0.1, 0.15) is 12.4 Å². The van der Waals surface area contributed by atoms with E-state index in [2.05, 4.69) is 11.4 Å². The van der Waals surface area contributed by atoms with Gasteiger partial charge >= 0.3 is 0 Å². The van der Waals surface area contributed by atoms with Crippen LogP contribution in [0.15, 0.2) is 35.7 Å². The number of ether oxygens (including phenoxy) is 2. The third-order valence-corrected chi connectivity index (χ3v) is 8.69. The van der Waals surface area contributed by atoms with Gasteiger partial charge in [-0.2, -0.15) is 0 Å². The lowest BCUT2D eigenvalue weighted by atomic mass is 10.00. The number of nitrogens with zero attached hydrogens (tertiary/aromatic N) is 2. The monoisotopic (exact) mass is 496 g/mol. The highest BCUT2D eigenvalue weighted by molar-refractivity contribution is 7.10. The molecule has 2 amide bonds. The quantitative estimate of drug-likeness (QED) is 0.529. The van der Waals surface area contributed by atoms with Crippen LogP contribution >= 0.6 is 11.3 Å². The molecule has 6 nitrogen and oxygen atoms in total. The van der Waals surface area contributed by atoms with Gasteiger partial charge in [0.25, 0.3) is 0 Å². The summed E-state index contributed by atoms with van der Waals surface area (Å²) in [7, 11) is 0. The van der Waals surface area contributed by atoms with Gasteiger partial charge in [0.2, 0.25) is 11.8 Å². The maximum atomic E-state index is 13.8. The smallest absolute Gasteiger partial charge is 0.242 e. The van der Waals surface area contributed by atoms with Crippen LogP contribution in [0.4, 0.5) is 0 Å². The van der Waals surface area contributed by atoms with Crippen LogP contribution in [0.5, 0.6) is 5.75 Å². The van der Waals surface area contributed by atoms with Crippen LogP contribution in [0.1, 0.15) is 60.6 Å². The summed E-state index contributed by atoms with van der Waals surface area (Å²) in [5.41, 5.74) is 2.26. The summed E-state index contributed by atoms with van der Waals surface area (Å²) >= 11 is 1.75. The highest BCUT2D eigenvalue weighted by Crippen LogP contribution is 2.35. The predicted octanol–water partition coefficient (Wildman–Crippen LogP) is 4.76. The van der Waals surface area contributed by atoms with Crippen molar-refractivity contribution in [3.05, 3.63) is 51.7 Å². The van der Waals surface area contributed by atoms with Gasteiger partial charge in [0, 0.05) is 30.5 Å². The third-order valence-electron chi connectivity index (χ3n) is 7.70. The van der Waals surface area contributed by atoms with Crippen molar-refractivity contribution in [3.8, 4) is 5.75 Å². The highest BCUT2D eigenvalue weighted by Gasteiger charge is 2.36. The van der Waals surface area contributed by atoms with Crippen molar-refractivity contribution >= 4 is 23.2 Å². The summed E-state index contributed by atoms with van der Waals surface area (Å²) in [5.74, 6) is 1.03. The maximum absolute atomic E-state index is 13.8. The topological polar surface area (TPSA) is 59.1 Å². The van der Waals surface area contributed by atoms with E-state index >= 15 is 0 Å². The zero-order chi connectivity index (χ0) is 24.2. The molecule has 2 fully saturated rings. The van der Waals surface area contributed by atoms with Crippen molar-refractivity contribution < 1.29 is 19.1 Å². The van der Waals surface area contributed by atoms with Gasteiger partial charge in [-0.15, -0.1) is 11.3 Å². The number of amides is 2. The second-order valence-corrected chi connectivity index (χ2v) is 11.1. The summed E-state index contributed by atoms with van der Waals surface area (Å²) in [6.45, 7) is 4.48. The Balaban J connectivity index is 1.32. The van der Waals surface area contributed by atoms with Crippen LogP contribution in [0.3, 0.4) is 0 Å². The minimum absolute atomic E-state index is 0.00424. The maximum Gasteiger partial charge on any atom is 0.242 e. The van der Waals surface area contributed by atoms with E-state index in [1.54, 1.807) is 16.2 Å². The standard InChI is InChI=1S/C28H36N2O4S/c1-20-7-2-5-11-25(20)34-19-24-23-13-16-35-26(23)12-14-30(24)27(31)18-29(17-22-10-6-15-33-22)28(32)21-8-3-4-9-21/h2,5,7,11,13,16,21-22,24H,3-4,6,8-10,12,14-15,17-19H2,1H3/t22-,24+/m0/s1. The summed E-state index contributed by atoms with van der Waals surface area (Å²) < 4.78 is 12.1. The average Bonchev–Trinajstić information content (AvgIpc) is 3.65. The Hall–Kier alpha value is -2.38. The molecule has 2 atom stereocenters. The largest absolute Gasteiger partial charge is 0.491 e. The molecule has 1 aliphatic carbocycles. The number of hydrogen-bond acceptors (Lipinski definition) is 5. The van der Waals surface area contributed by atoms with Crippen molar-refractivity contribution in [1.29, 1.82) is 0 Å². The lowest BCUT2D eigenvalue weighted by Gasteiger charge is -2.37. The normalized spacial score (nSPS) is 22.3. The summed E-state index contributed by atoms with van der Waals surface area (Å²) in [6.07, 6.45) is 6.94. The molecule has 1 aromatic carbocycles. The van der Waals surface area contributed by atoms with E-state index in [0.717, 1.165) is 62.9 Å². The Morgan fingerprint density at radius 1 is 1.14 bits per heavy atom. The molecule has 0 spiro atoms. The minimum atomic E-state index is -0.150. The zero-order valence-corrected chi connectivity index (χ0v) is 21.4. The van der Waals surface area contributed by atoms with E-state index in [4.69, 9.17) is 9.47 Å². The number of hydrogen-bond donors (Lipinski definition) is 0. The van der Waals surface area contributed by atoms with Gasteiger partial charge in [0.05, 0.1) is 18.7 Å². The van der Waals surface area contributed by atoms with Gasteiger partial charge in [-0.25, -0.2) is 0 Å². The number of carbonyl (C=O) groups is 2. The molecule has 2 aromatic rings. The van der Waals surface area contributed by atoms with Crippen molar-refractivity contribution in [2.45, 2.75) is 64.0 Å². The Labute approximate surface area is 212 Å². The number of aryl methyl sites for hydroxylation is 1. The fraction of sp³-hybridized carbons (Fsp3) is 0.571. The molecule has 35 heavy (non-hydrogen) atoms. The Morgan fingerprint density at radius 2 is 1.97 bits per heavy atom. The van der Waals surface area contributed by atoms with E-state index in [0.29, 0.717) is 19.7 Å². The second-order valence-electron chi connectivity index (χ2n) is 10.1. The predicted molar refractivity (Wildman–Crippen MR) is 137 cm³/mol. The van der Waals surface area contributed by atoms with Crippen LogP contribution < -0.4 is 4.74 Å². The molecule has 0 bridgehead atoms. The molecule has 3 heterocycles. The van der Waals surface area contributed by atoms with E-state index in [-0.39, 0.29) is 36.4 Å². The molecule has 1 aromatic heterocycles. The van der Waals surface area contributed by atoms with Gasteiger partial charge in [-0.1, -0.05) is 31.0 Å². The summed E-state index contributed by atoms with van der Waals surface area (Å²) in [5, 5.41) is 2.10. The molecular formula is C28H36N2O4S. The first kappa shape index (κ1) is 24.3. The minimum Gasteiger partial charge on any atom is -0.491 e. The van der Waals surface area contributed by atoms with Crippen molar-refractivity contribution in [3.63, 3.8) is 0 Å². The van der Waals surface area contributed by atoms with Crippen LogP contribution in [-0.2, 0) is 20.7 Å². The lowest BCUT2D eigenvalue weighted by Crippen LogP contribution is -2.50. The highest BCUT2D eigenvalue weighted by atomic mass is 32.1. The fourth-order valence-electron chi connectivity index (χ4n) is 5.71. The number of para-hydroxylation sites is 1. The van der Waals surface area contributed by atoms with E-state index in [1.807, 2.05) is 36.1 Å². The molecule has 3 aliphatic rings. The molecule has 5 rings (SSSR count). The van der Waals surface area contributed by atoms with Gasteiger partial charge in [-0.3, -0.25) is 9.59 Å². The molecular weight excluding hydrogens is 460 g/mol. The molecule has 0 radical (unpaired) electrons. The first-order valence-electron chi connectivity index (χ1n) is 13.0. The molecule has 2 aliphatic heterocycles. The first-order valence-corrected chi connectivity index (χ1v) is 13.9. The number of thiophene rings is 1. The Kier molecular flexibility index (Phi) is 7.73. The van der Waals surface area contributed by atoms with Crippen LogP contribution in [0.2, 0.25) is 0 Å². The first-order chi connectivity index (χ1) is 17.1. The van der Waals surface area contributed by atoms with E-state index in [9.17, 15) is 9.59 Å². The molecule has 7 heteroatoms. The molecule has 1 saturated heterocycles. The van der Waals surface area contributed by atoms with Crippen LogP contribution in [0, 0.1) is 12.8 Å². The Morgan fingerprint density at radius 3 is 2.74 bits per heavy atom. The van der Waals surface area contributed by atoms with E-state index < -0.39 is 0 Å². The van der Waals surface area contributed by atoms with Crippen molar-refractivity contribution in [2.24, 2.45) is 5.92 Å². The molecule has 0 N–H and O–H groups in total. The van der Waals surface area contributed by atoms with Crippen LogP contribution in [-0.4, -0.2) is 60.6 Å². The van der Waals surface area contributed by atoms with Crippen LogP contribution in [0.25, 0.3) is 0 Å². The number of carbonyl (C=O) groups excluding carboxylic acids is 2. The Bertz CT molecular complexity index is 1030. The van der Waals surface area contributed by atoms with Crippen molar-refractivity contribution in [2.75, 3.05) is 32.8 Å². The zero-order valence-electron chi connectivity index (χ0n) is 20.6. The molecule has 0 unspecified atom stereocenters. The third kappa shape index (κ3) is 5.56. The number of benzene rings is 1. The number of fused-ring (bicyclic) bond motifs is 1. The second kappa shape index (κ2) is 11.1. The fourth-order valence-corrected chi connectivity index (χ4v) is 6.64. The number of rotatable bonds is 8. The molecule has 188 valence electrons. The van der Waals surface area contributed by atoms with E-state index in [1.165, 1.54) is 10.4 Å². The lowest BCUT2D eigenvalue weighted by molar-refractivity contribution is -0.146. The van der Waals surface area contributed by atoms with Crippen molar-refractivity contribution in [1.82, 2.24) is 9.80 Å². The average molecular weight is 497 g/mol. The molecule has 1 saturated carbocycles. The summed E-state index contributed by atoms with van der Waals surface area (Å²) in [4.78, 5) is 32.2. The van der Waals surface area contributed by atoms with Gasteiger partial charge in [0.15, 0.2) is 0 Å².